The topological polar surface area (TPSA) is 21.3 Å². The van der Waals surface area contributed by atoms with Crippen LogP contribution in [-0.2, 0) is 0 Å². The number of hydrogen-bond acceptors (Lipinski definition) is 2. The van der Waals surface area contributed by atoms with Gasteiger partial charge in [0.2, 0.25) is 0 Å². The van der Waals surface area contributed by atoms with Crippen molar-refractivity contribution in [3.05, 3.63) is 29.8 Å². The van der Waals surface area contributed by atoms with E-state index in [2.05, 4.69) is 43.4 Å². The second-order valence-electron chi connectivity index (χ2n) is 7.11. The fraction of sp³-hybridized carbons (Fsp3) is 0.684. The highest BCUT2D eigenvalue weighted by Crippen LogP contribution is 2.72. The van der Waals surface area contributed by atoms with Gasteiger partial charge in [-0.05, 0) is 80.0 Å². The predicted molar refractivity (Wildman–Crippen MR) is 85.3 cm³/mol. The Balaban J connectivity index is 1.56. The summed E-state index contributed by atoms with van der Waals surface area (Å²) in [4.78, 5) is 0. The number of hydrogen-bond donors (Lipinski definition) is 1. The minimum absolute atomic E-state index is 0.536. The Morgan fingerprint density at radius 1 is 1.19 bits per heavy atom. The minimum atomic E-state index is 0.536. The van der Waals surface area contributed by atoms with E-state index in [4.69, 9.17) is 4.74 Å². The lowest BCUT2D eigenvalue weighted by Crippen LogP contribution is -2.25. The number of ether oxygens (including phenoxy) is 1. The van der Waals surface area contributed by atoms with Crippen molar-refractivity contribution in [1.82, 2.24) is 5.32 Å². The van der Waals surface area contributed by atoms with Gasteiger partial charge in [-0.2, -0.15) is 0 Å². The van der Waals surface area contributed by atoms with E-state index in [1.54, 1.807) is 0 Å². The summed E-state index contributed by atoms with van der Waals surface area (Å²) in [6, 6.07) is 9.30. The highest BCUT2D eigenvalue weighted by atomic mass is 16.5. The number of fused-ring (bicyclic) bond motifs is 5. The summed E-state index contributed by atoms with van der Waals surface area (Å²) in [6.07, 6.45) is 4.53. The van der Waals surface area contributed by atoms with E-state index < -0.39 is 0 Å². The molecule has 1 aromatic carbocycles. The Bertz CT molecular complexity index is 498. The Morgan fingerprint density at radius 3 is 2.62 bits per heavy atom. The van der Waals surface area contributed by atoms with Crippen molar-refractivity contribution in [3.8, 4) is 5.75 Å². The first-order chi connectivity index (χ1) is 10.3. The molecule has 2 nitrogen and oxygen atoms in total. The van der Waals surface area contributed by atoms with E-state index in [1.165, 1.54) is 24.8 Å². The summed E-state index contributed by atoms with van der Waals surface area (Å²) in [5, 5.41) is 3.77. The summed E-state index contributed by atoms with van der Waals surface area (Å²) in [5.41, 5.74) is 1.43. The van der Waals surface area contributed by atoms with Gasteiger partial charge in [-0.15, -0.1) is 0 Å². The molecule has 0 aromatic heterocycles. The van der Waals surface area contributed by atoms with Crippen LogP contribution in [-0.4, -0.2) is 13.2 Å². The van der Waals surface area contributed by atoms with Crippen LogP contribution in [0.5, 0.6) is 5.75 Å². The molecule has 3 aliphatic rings. The quantitative estimate of drug-likeness (QED) is 0.852. The van der Waals surface area contributed by atoms with Gasteiger partial charge in [-0.25, -0.2) is 0 Å². The highest BCUT2D eigenvalue weighted by Gasteiger charge is 2.66. The fourth-order valence-electron chi connectivity index (χ4n) is 5.50. The minimum Gasteiger partial charge on any atom is -0.494 e. The van der Waals surface area contributed by atoms with Crippen molar-refractivity contribution in [1.29, 1.82) is 0 Å². The van der Waals surface area contributed by atoms with Crippen molar-refractivity contribution in [3.63, 3.8) is 0 Å². The van der Waals surface area contributed by atoms with E-state index in [1.807, 2.05) is 0 Å². The Hall–Kier alpha value is -1.02. The lowest BCUT2D eigenvalue weighted by Gasteiger charge is -2.22. The molecule has 1 aromatic rings. The van der Waals surface area contributed by atoms with Crippen LogP contribution in [0, 0.1) is 29.6 Å². The smallest absolute Gasteiger partial charge is 0.119 e. The second-order valence-corrected chi connectivity index (χ2v) is 7.11. The van der Waals surface area contributed by atoms with Crippen molar-refractivity contribution in [2.75, 3.05) is 13.2 Å². The number of benzene rings is 1. The standard InChI is InChI=1S/C19H27NO/c1-3-20-19(14-6-5-7-15(11-14)21-4-2)18-16-12-8-9-13(10-12)17(16)18/h5-7,11-13,16-20H,3-4,8-10H2,1-2H3. The average Bonchev–Trinajstić information content (AvgIpc) is 2.90. The molecule has 5 atom stereocenters. The molecule has 5 unspecified atom stereocenters. The van der Waals surface area contributed by atoms with E-state index in [0.29, 0.717) is 6.04 Å². The molecule has 0 aliphatic heterocycles. The fourth-order valence-corrected chi connectivity index (χ4v) is 5.50. The first kappa shape index (κ1) is 13.6. The van der Waals surface area contributed by atoms with Crippen LogP contribution in [0.25, 0.3) is 0 Å². The van der Waals surface area contributed by atoms with E-state index in [9.17, 15) is 0 Å². The molecular weight excluding hydrogens is 258 g/mol. The van der Waals surface area contributed by atoms with Gasteiger partial charge >= 0.3 is 0 Å². The van der Waals surface area contributed by atoms with Crippen molar-refractivity contribution < 1.29 is 4.74 Å². The summed E-state index contributed by atoms with van der Waals surface area (Å²) in [6.45, 7) is 6.08. The lowest BCUT2D eigenvalue weighted by atomic mass is 9.93. The Morgan fingerprint density at radius 2 is 1.95 bits per heavy atom. The molecule has 3 fully saturated rings. The molecule has 4 rings (SSSR count). The van der Waals surface area contributed by atoms with Crippen LogP contribution in [0.15, 0.2) is 24.3 Å². The van der Waals surface area contributed by atoms with Crippen LogP contribution in [0.4, 0.5) is 0 Å². The third-order valence-corrected chi connectivity index (χ3v) is 6.13. The van der Waals surface area contributed by atoms with E-state index >= 15 is 0 Å². The molecule has 1 N–H and O–H groups in total. The molecule has 2 heteroatoms. The molecule has 0 heterocycles. The first-order valence-corrected chi connectivity index (χ1v) is 8.79. The lowest BCUT2D eigenvalue weighted by molar-refractivity contribution is 0.337. The first-order valence-electron chi connectivity index (χ1n) is 8.79. The molecule has 0 radical (unpaired) electrons. The maximum atomic E-state index is 5.70. The average molecular weight is 285 g/mol. The maximum Gasteiger partial charge on any atom is 0.119 e. The zero-order valence-electron chi connectivity index (χ0n) is 13.2. The molecule has 3 aliphatic carbocycles. The molecule has 0 saturated heterocycles. The van der Waals surface area contributed by atoms with Crippen LogP contribution in [0.1, 0.15) is 44.7 Å². The van der Waals surface area contributed by atoms with Gasteiger partial charge < -0.3 is 10.1 Å². The Labute approximate surface area is 128 Å². The van der Waals surface area contributed by atoms with Crippen LogP contribution < -0.4 is 10.1 Å². The number of nitrogens with one attached hydrogen (secondary N) is 1. The van der Waals surface area contributed by atoms with E-state index in [-0.39, 0.29) is 0 Å². The maximum absolute atomic E-state index is 5.70. The molecule has 21 heavy (non-hydrogen) atoms. The molecule has 2 bridgehead atoms. The predicted octanol–water partition coefficient (Wildman–Crippen LogP) is 4.03. The highest BCUT2D eigenvalue weighted by molar-refractivity contribution is 5.33. The summed E-state index contributed by atoms with van der Waals surface area (Å²) in [5.74, 6) is 6.02. The second kappa shape index (κ2) is 5.31. The number of rotatable bonds is 6. The van der Waals surface area contributed by atoms with Gasteiger partial charge in [0.15, 0.2) is 0 Å². The molecule has 114 valence electrons. The molecule has 0 spiro atoms. The zero-order chi connectivity index (χ0) is 14.4. The van der Waals surface area contributed by atoms with E-state index in [0.717, 1.165) is 48.5 Å². The summed E-state index contributed by atoms with van der Waals surface area (Å²) in [7, 11) is 0. The molecule has 0 amide bonds. The summed E-state index contributed by atoms with van der Waals surface area (Å²) < 4.78 is 5.70. The van der Waals surface area contributed by atoms with Gasteiger partial charge in [-0.1, -0.05) is 19.1 Å². The normalized spacial score (nSPS) is 37.3. The molecule has 3 saturated carbocycles. The van der Waals surface area contributed by atoms with Gasteiger partial charge in [-0.3, -0.25) is 0 Å². The Kier molecular flexibility index (Phi) is 3.45. The molecular formula is C19H27NO. The van der Waals surface area contributed by atoms with Gasteiger partial charge in [0.05, 0.1) is 6.61 Å². The third kappa shape index (κ3) is 2.19. The zero-order valence-corrected chi connectivity index (χ0v) is 13.2. The van der Waals surface area contributed by atoms with Crippen molar-refractivity contribution in [2.24, 2.45) is 29.6 Å². The monoisotopic (exact) mass is 285 g/mol. The van der Waals surface area contributed by atoms with Crippen LogP contribution in [0.2, 0.25) is 0 Å². The van der Waals surface area contributed by atoms with Crippen LogP contribution >= 0.6 is 0 Å². The largest absolute Gasteiger partial charge is 0.494 e. The van der Waals surface area contributed by atoms with Gasteiger partial charge in [0.25, 0.3) is 0 Å². The van der Waals surface area contributed by atoms with Gasteiger partial charge in [0.1, 0.15) is 5.75 Å². The third-order valence-electron chi connectivity index (χ3n) is 6.13. The van der Waals surface area contributed by atoms with Crippen molar-refractivity contribution >= 4 is 0 Å². The van der Waals surface area contributed by atoms with Crippen LogP contribution in [0.3, 0.4) is 0 Å². The SMILES string of the molecule is CCNC(c1cccc(OCC)c1)C1C2C3CCC(C3)C21. The van der Waals surface area contributed by atoms with Gasteiger partial charge in [0, 0.05) is 6.04 Å². The van der Waals surface area contributed by atoms with Crippen molar-refractivity contribution in [2.45, 2.75) is 39.2 Å². The summed E-state index contributed by atoms with van der Waals surface area (Å²) >= 11 is 0.